The molecule has 0 aliphatic carbocycles. The molecule has 2 heterocycles. The van der Waals surface area contributed by atoms with E-state index >= 15 is 0 Å². The lowest BCUT2D eigenvalue weighted by atomic mass is 9.87. The van der Waals surface area contributed by atoms with Crippen LogP contribution in [-0.4, -0.2) is 31.1 Å². The zero-order valence-corrected chi connectivity index (χ0v) is 8.91. The van der Waals surface area contributed by atoms with Crippen molar-refractivity contribution in [3.8, 4) is 0 Å². The Hall–Kier alpha value is -1.35. The van der Waals surface area contributed by atoms with Crippen molar-refractivity contribution in [3.63, 3.8) is 0 Å². The molecule has 0 atom stereocenters. The number of likely N-dealkylation sites (N-methyl/N-ethyl adjacent to an activating group) is 1. The largest absolute Gasteiger partial charge is 0.376 e. The molecular weight excluding hydrogens is 190 g/mol. The molecule has 0 unspecified atom stereocenters. The SMILES string of the molecule is Cc1ccc2c(c1)C1(COC1)N(C)C2=O. The van der Waals surface area contributed by atoms with Gasteiger partial charge in [0.1, 0.15) is 5.54 Å². The van der Waals surface area contributed by atoms with Gasteiger partial charge in [-0.05, 0) is 18.6 Å². The van der Waals surface area contributed by atoms with E-state index in [1.807, 2.05) is 24.1 Å². The van der Waals surface area contributed by atoms with Crippen molar-refractivity contribution in [2.75, 3.05) is 20.3 Å². The summed E-state index contributed by atoms with van der Waals surface area (Å²) in [6.45, 7) is 3.31. The number of hydrogen-bond donors (Lipinski definition) is 0. The van der Waals surface area contributed by atoms with Crippen LogP contribution in [0.5, 0.6) is 0 Å². The lowest BCUT2D eigenvalue weighted by Crippen LogP contribution is -2.55. The van der Waals surface area contributed by atoms with Crippen LogP contribution in [0.25, 0.3) is 0 Å². The smallest absolute Gasteiger partial charge is 0.254 e. The topological polar surface area (TPSA) is 29.5 Å². The second kappa shape index (κ2) is 2.61. The van der Waals surface area contributed by atoms with E-state index < -0.39 is 0 Å². The van der Waals surface area contributed by atoms with Crippen molar-refractivity contribution >= 4 is 5.91 Å². The summed E-state index contributed by atoms with van der Waals surface area (Å²) in [6, 6.07) is 6.03. The minimum atomic E-state index is -0.168. The van der Waals surface area contributed by atoms with Gasteiger partial charge in [0.15, 0.2) is 0 Å². The first-order chi connectivity index (χ1) is 7.15. The molecule has 1 fully saturated rings. The summed E-state index contributed by atoms with van der Waals surface area (Å²) < 4.78 is 5.28. The minimum absolute atomic E-state index is 0.119. The van der Waals surface area contributed by atoms with Crippen LogP contribution in [0, 0.1) is 6.92 Å². The van der Waals surface area contributed by atoms with Crippen molar-refractivity contribution in [1.29, 1.82) is 0 Å². The number of aryl methyl sites for hydroxylation is 1. The Morgan fingerprint density at radius 1 is 1.40 bits per heavy atom. The quantitative estimate of drug-likeness (QED) is 0.636. The molecule has 78 valence electrons. The van der Waals surface area contributed by atoms with Gasteiger partial charge >= 0.3 is 0 Å². The van der Waals surface area contributed by atoms with Gasteiger partial charge in [-0.1, -0.05) is 17.7 Å². The zero-order chi connectivity index (χ0) is 10.6. The molecule has 2 aliphatic heterocycles. The van der Waals surface area contributed by atoms with Crippen LogP contribution in [0.2, 0.25) is 0 Å². The maximum Gasteiger partial charge on any atom is 0.254 e. The summed E-state index contributed by atoms with van der Waals surface area (Å²) in [5, 5.41) is 0. The van der Waals surface area contributed by atoms with Crippen LogP contribution < -0.4 is 0 Å². The molecular formula is C12H13NO2. The summed E-state index contributed by atoms with van der Waals surface area (Å²) in [6.07, 6.45) is 0. The van der Waals surface area contributed by atoms with Gasteiger partial charge in [-0.3, -0.25) is 4.79 Å². The summed E-state index contributed by atoms with van der Waals surface area (Å²) in [4.78, 5) is 13.8. The van der Waals surface area contributed by atoms with E-state index in [1.54, 1.807) is 0 Å². The molecule has 0 bridgehead atoms. The highest BCUT2D eigenvalue weighted by molar-refractivity contribution is 6.00. The van der Waals surface area contributed by atoms with Crippen LogP contribution in [0.1, 0.15) is 21.5 Å². The number of rotatable bonds is 0. The summed E-state index contributed by atoms with van der Waals surface area (Å²) in [5.74, 6) is 0.119. The molecule has 1 spiro atoms. The Morgan fingerprint density at radius 3 is 2.73 bits per heavy atom. The normalized spacial score (nSPS) is 21.7. The van der Waals surface area contributed by atoms with Gasteiger partial charge in [-0.2, -0.15) is 0 Å². The van der Waals surface area contributed by atoms with E-state index in [1.165, 1.54) is 5.56 Å². The molecule has 1 aromatic rings. The van der Waals surface area contributed by atoms with Gasteiger partial charge in [0.2, 0.25) is 0 Å². The minimum Gasteiger partial charge on any atom is -0.376 e. The molecule has 1 aromatic carbocycles. The monoisotopic (exact) mass is 203 g/mol. The molecule has 3 nitrogen and oxygen atoms in total. The Bertz CT molecular complexity index is 449. The fourth-order valence-corrected chi connectivity index (χ4v) is 2.43. The number of benzene rings is 1. The third kappa shape index (κ3) is 0.913. The Kier molecular flexibility index (Phi) is 1.55. The maximum absolute atomic E-state index is 12.0. The number of hydrogen-bond acceptors (Lipinski definition) is 2. The van der Waals surface area contributed by atoms with E-state index in [2.05, 4.69) is 13.0 Å². The first-order valence-corrected chi connectivity index (χ1v) is 5.12. The van der Waals surface area contributed by atoms with Gasteiger partial charge in [-0.15, -0.1) is 0 Å². The second-order valence-electron chi connectivity index (χ2n) is 4.44. The lowest BCUT2D eigenvalue weighted by Gasteiger charge is -2.44. The van der Waals surface area contributed by atoms with E-state index in [4.69, 9.17) is 4.74 Å². The molecule has 15 heavy (non-hydrogen) atoms. The number of nitrogens with zero attached hydrogens (tertiary/aromatic N) is 1. The average molecular weight is 203 g/mol. The molecule has 3 heteroatoms. The van der Waals surface area contributed by atoms with Gasteiger partial charge in [0.05, 0.1) is 13.2 Å². The average Bonchev–Trinajstić information content (AvgIpc) is 2.35. The van der Waals surface area contributed by atoms with E-state index in [9.17, 15) is 4.79 Å². The van der Waals surface area contributed by atoms with E-state index in [0.29, 0.717) is 13.2 Å². The summed E-state index contributed by atoms with van der Waals surface area (Å²) in [7, 11) is 1.86. The standard InChI is InChI=1S/C12H13NO2/c1-8-3-4-9-10(5-8)12(6-15-7-12)13(2)11(9)14/h3-5H,6-7H2,1-2H3. The molecule has 0 N–H and O–H groups in total. The number of carbonyl (C=O) groups is 1. The Morgan fingerprint density at radius 2 is 2.13 bits per heavy atom. The zero-order valence-electron chi connectivity index (χ0n) is 8.91. The van der Waals surface area contributed by atoms with Crippen molar-refractivity contribution in [2.45, 2.75) is 12.5 Å². The molecule has 0 radical (unpaired) electrons. The summed E-state index contributed by atoms with van der Waals surface area (Å²) >= 11 is 0. The second-order valence-corrected chi connectivity index (χ2v) is 4.44. The fraction of sp³-hybridized carbons (Fsp3) is 0.417. The third-order valence-corrected chi connectivity index (χ3v) is 3.54. The lowest BCUT2D eigenvalue weighted by molar-refractivity contribution is -0.117. The number of fused-ring (bicyclic) bond motifs is 2. The molecule has 2 aliphatic rings. The molecule has 1 amide bonds. The van der Waals surface area contributed by atoms with E-state index in [0.717, 1.165) is 11.1 Å². The molecule has 0 saturated carbocycles. The number of carbonyl (C=O) groups excluding carboxylic acids is 1. The number of amides is 1. The van der Waals surface area contributed by atoms with Gasteiger partial charge in [-0.25, -0.2) is 0 Å². The highest BCUT2D eigenvalue weighted by atomic mass is 16.5. The maximum atomic E-state index is 12.0. The van der Waals surface area contributed by atoms with Gasteiger partial charge < -0.3 is 9.64 Å². The highest BCUT2D eigenvalue weighted by Gasteiger charge is 2.52. The van der Waals surface area contributed by atoms with Crippen molar-refractivity contribution in [3.05, 3.63) is 34.9 Å². The Balaban J connectivity index is 2.23. The third-order valence-electron chi connectivity index (χ3n) is 3.54. The molecule has 3 rings (SSSR count). The van der Waals surface area contributed by atoms with Crippen LogP contribution >= 0.6 is 0 Å². The molecule has 0 aromatic heterocycles. The van der Waals surface area contributed by atoms with Gasteiger partial charge in [0, 0.05) is 12.6 Å². The van der Waals surface area contributed by atoms with Crippen molar-refractivity contribution in [2.24, 2.45) is 0 Å². The van der Waals surface area contributed by atoms with Crippen LogP contribution in [0.4, 0.5) is 0 Å². The Labute approximate surface area is 88.6 Å². The van der Waals surface area contributed by atoms with Crippen LogP contribution in [-0.2, 0) is 10.3 Å². The highest BCUT2D eigenvalue weighted by Crippen LogP contribution is 2.43. The van der Waals surface area contributed by atoms with Crippen molar-refractivity contribution < 1.29 is 9.53 Å². The number of ether oxygens (including phenoxy) is 1. The van der Waals surface area contributed by atoms with Crippen molar-refractivity contribution in [1.82, 2.24) is 4.90 Å². The van der Waals surface area contributed by atoms with Gasteiger partial charge in [0.25, 0.3) is 5.91 Å². The first kappa shape index (κ1) is 8.92. The van der Waals surface area contributed by atoms with Crippen LogP contribution in [0.3, 0.4) is 0 Å². The molecule has 1 saturated heterocycles. The predicted octanol–water partition coefficient (Wildman–Crippen LogP) is 1.31. The van der Waals surface area contributed by atoms with Crippen LogP contribution in [0.15, 0.2) is 18.2 Å². The summed E-state index contributed by atoms with van der Waals surface area (Å²) in [5.41, 5.74) is 3.01. The predicted molar refractivity (Wildman–Crippen MR) is 55.8 cm³/mol. The first-order valence-electron chi connectivity index (χ1n) is 5.12. The van der Waals surface area contributed by atoms with E-state index in [-0.39, 0.29) is 11.4 Å². The fourth-order valence-electron chi connectivity index (χ4n) is 2.43.